The molecule has 3 aromatic rings. The predicted octanol–water partition coefficient (Wildman–Crippen LogP) is 3.92. The van der Waals surface area contributed by atoms with Crippen molar-refractivity contribution >= 4 is 21.6 Å². The van der Waals surface area contributed by atoms with E-state index in [1.807, 2.05) is 12.1 Å². The van der Waals surface area contributed by atoms with Gasteiger partial charge in [-0.2, -0.15) is 0 Å². The number of benzene rings is 3. The van der Waals surface area contributed by atoms with Gasteiger partial charge in [-0.3, -0.25) is 4.79 Å². The molecule has 0 spiro atoms. The summed E-state index contributed by atoms with van der Waals surface area (Å²) in [6.07, 6.45) is 0.193. The molecule has 4 rings (SSSR count). The average Bonchev–Trinajstić information content (AvgIpc) is 3.04. The Bertz CT molecular complexity index is 1200. The maximum absolute atomic E-state index is 12.5. The van der Waals surface area contributed by atoms with Crippen LogP contribution in [0.3, 0.4) is 0 Å². The van der Waals surface area contributed by atoms with Gasteiger partial charge in [-0.25, -0.2) is 13.2 Å². The van der Waals surface area contributed by atoms with E-state index in [4.69, 9.17) is 4.74 Å². The lowest BCUT2D eigenvalue weighted by atomic mass is 10.0. The smallest absolute Gasteiger partial charge is 0.338 e. The fourth-order valence-corrected chi connectivity index (χ4v) is 4.70. The topological polar surface area (TPSA) is 77.5 Å². The second kappa shape index (κ2) is 7.64. The van der Waals surface area contributed by atoms with Gasteiger partial charge in [-0.15, -0.1) is 0 Å². The minimum absolute atomic E-state index is 0.0177. The van der Waals surface area contributed by atoms with Crippen molar-refractivity contribution in [2.24, 2.45) is 0 Å². The number of hydrogen-bond donors (Lipinski definition) is 0. The third-order valence-corrected chi connectivity index (χ3v) is 6.67. The van der Waals surface area contributed by atoms with Crippen molar-refractivity contribution in [3.63, 3.8) is 0 Å². The van der Waals surface area contributed by atoms with Crippen LogP contribution in [0.25, 0.3) is 11.1 Å². The zero-order valence-electron chi connectivity index (χ0n) is 15.5. The van der Waals surface area contributed by atoms with Crippen LogP contribution in [-0.4, -0.2) is 32.5 Å². The molecular weight excluding hydrogens is 388 g/mol. The molecular formula is C23H18O5S. The first-order valence-corrected chi connectivity index (χ1v) is 10.9. The van der Waals surface area contributed by atoms with Crippen LogP contribution >= 0.6 is 0 Å². The molecule has 3 aromatic carbocycles. The van der Waals surface area contributed by atoms with Crippen LogP contribution in [0.5, 0.6) is 0 Å². The third kappa shape index (κ3) is 3.71. The molecule has 0 aliphatic heterocycles. The van der Waals surface area contributed by atoms with Crippen LogP contribution in [0, 0.1) is 0 Å². The van der Waals surface area contributed by atoms with Gasteiger partial charge in [0, 0.05) is 11.1 Å². The first-order valence-electron chi connectivity index (χ1n) is 9.20. The molecule has 0 saturated heterocycles. The number of rotatable bonds is 6. The summed E-state index contributed by atoms with van der Waals surface area (Å²) in [6.45, 7) is -0.0177. The van der Waals surface area contributed by atoms with E-state index in [0.29, 0.717) is 11.1 Å². The molecule has 0 unspecified atom stereocenters. The summed E-state index contributed by atoms with van der Waals surface area (Å²) >= 11 is 0. The largest absolute Gasteiger partial charge is 0.462 e. The number of esters is 1. The molecule has 0 bridgehead atoms. The van der Waals surface area contributed by atoms with E-state index in [1.54, 1.807) is 60.7 Å². The first kappa shape index (κ1) is 19.1. The summed E-state index contributed by atoms with van der Waals surface area (Å²) in [5, 5.41) is 0. The quantitative estimate of drug-likeness (QED) is 0.358. The second-order valence-corrected chi connectivity index (χ2v) is 8.87. The Labute approximate surface area is 168 Å². The Hall–Kier alpha value is -3.25. The van der Waals surface area contributed by atoms with E-state index in [2.05, 4.69) is 0 Å². The standard InChI is InChI=1S/C23H18O5S/c24-22-20-10-5-4-9-18(20)19-12-11-16(15-21(19)22)23(25)28-13-6-14-29(26,27)17-7-2-1-3-8-17/h1-5,7-12,15H,6,13-14H2. The monoisotopic (exact) mass is 406 g/mol. The third-order valence-electron chi connectivity index (χ3n) is 4.85. The molecule has 0 fully saturated rings. The van der Waals surface area contributed by atoms with Crippen LogP contribution in [-0.2, 0) is 14.6 Å². The van der Waals surface area contributed by atoms with Crippen LogP contribution in [0.1, 0.15) is 32.7 Å². The zero-order valence-corrected chi connectivity index (χ0v) is 16.3. The fourth-order valence-electron chi connectivity index (χ4n) is 3.40. The lowest BCUT2D eigenvalue weighted by molar-refractivity contribution is 0.0505. The second-order valence-electron chi connectivity index (χ2n) is 6.76. The van der Waals surface area contributed by atoms with Crippen molar-refractivity contribution in [1.82, 2.24) is 0 Å². The summed E-state index contributed by atoms with van der Waals surface area (Å²) in [5.41, 5.74) is 3.04. The van der Waals surface area contributed by atoms with Crippen molar-refractivity contribution in [1.29, 1.82) is 0 Å². The highest BCUT2D eigenvalue weighted by atomic mass is 32.2. The molecule has 0 saturated carbocycles. The van der Waals surface area contributed by atoms with E-state index >= 15 is 0 Å². The molecule has 5 nitrogen and oxygen atoms in total. The van der Waals surface area contributed by atoms with Crippen molar-refractivity contribution in [2.75, 3.05) is 12.4 Å². The van der Waals surface area contributed by atoms with E-state index in [0.717, 1.165) is 11.1 Å². The van der Waals surface area contributed by atoms with Gasteiger partial charge in [-0.05, 0) is 41.8 Å². The fraction of sp³-hybridized carbons (Fsp3) is 0.130. The van der Waals surface area contributed by atoms with Crippen LogP contribution in [0.2, 0.25) is 0 Å². The van der Waals surface area contributed by atoms with Crippen molar-refractivity contribution < 1.29 is 22.7 Å². The van der Waals surface area contributed by atoms with Gasteiger partial charge in [-0.1, -0.05) is 48.5 Å². The lowest BCUT2D eigenvalue weighted by Gasteiger charge is -2.07. The predicted molar refractivity (Wildman–Crippen MR) is 109 cm³/mol. The molecule has 0 N–H and O–H groups in total. The van der Waals surface area contributed by atoms with Gasteiger partial charge in [0.05, 0.1) is 22.8 Å². The molecule has 146 valence electrons. The highest BCUT2D eigenvalue weighted by Gasteiger charge is 2.27. The number of sulfone groups is 1. The lowest BCUT2D eigenvalue weighted by Crippen LogP contribution is -2.12. The highest BCUT2D eigenvalue weighted by Crippen LogP contribution is 2.36. The number of ketones is 1. The number of carbonyl (C=O) groups is 2. The summed E-state index contributed by atoms with van der Waals surface area (Å²) < 4.78 is 29.7. The normalized spacial score (nSPS) is 12.3. The Balaban J connectivity index is 1.39. The Kier molecular flexibility index (Phi) is 5.03. The maximum atomic E-state index is 12.5. The average molecular weight is 406 g/mol. The van der Waals surface area contributed by atoms with Crippen LogP contribution in [0.4, 0.5) is 0 Å². The summed E-state index contributed by atoms with van der Waals surface area (Å²) in [6, 6.07) is 20.4. The zero-order chi connectivity index (χ0) is 20.4. The van der Waals surface area contributed by atoms with Gasteiger partial charge in [0.15, 0.2) is 15.6 Å². The molecule has 0 amide bonds. The Morgan fingerprint density at radius 2 is 1.45 bits per heavy atom. The van der Waals surface area contributed by atoms with Gasteiger partial charge < -0.3 is 4.74 Å². The molecule has 0 atom stereocenters. The number of ether oxygens (including phenoxy) is 1. The minimum atomic E-state index is -3.40. The van der Waals surface area contributed by atoms with E-state index in [-0.39, 0.29) is 35.0 Å². The first-order chi connectivity index (χ1) is 14.0. The Morgan fingerprint density at radius 1 is 0.793 bits per heavy atom. The summed E-state index contributed by atoms with van der Waals surface area (Å²) in [4.78, 5) is 25.1. The van der Waals surface area contributed by atoms with Crippen molar-refractivity contribution in [2.45, 2.75) is 11.3 Å². The van der Waals surface area contributed by atoms with Crippen LogP contribution < -0.4 is 0 Å². The molecule has 0 radical (unpaired) electrons. The van der Waals surface area contributed by atoms with E-state index in [1.165, 1.54) is 0 Å². The molecule has 0 aromatic heterocycles. The van der Waals surface area contributed by atoms with Crippen molar-refractivity contribution in [3.05, 3.63) is 89.5 Å². The minimum Gasteiger partial charge on any atom is -0.462 e. The Morgan fingerprint density at radius 3 is 2.21 bits per heavy atom. The van der Waals surface area contributed by atoms with E-state index < -0.39 is 15.8 Å². The summed E-state index contributed by atoms with van der Waals surface area (Å²) in [7, 11) is -3.40. The molecule has 6 heteroatoms. The summed E-state index contributed by atoms with van der Waals surface area (Å²) in [5.74, 6) is -0.796. The molecule has 0 heterocycles. The van der Waals surface area contributed by atoms with Crippen LogP contribution in [0.15, 0.2) is 77.7 Å². The van der Waals surface area contributed by atoms with Gasteiger partial charge >= 0.3 is 5.97 Å². The number of fused-ring (bicyclic) bond motifs is 3. The van der Waals surface area contributed by atoms with Gasteiger partial charge in [0.2, 0.25) is 0 Å². The maximum Gasteiger partial charge on any atom is 0.338 e. The molecule has 1 aliphatic carbocycles. The molecule has 29 heavy (non-hydrogen) atoms. The van der Waals surface area contributed by atoms with Crippen molar-refractivity contribution in [3.8, 4) is 11.1 Å². The SMILES string of the molecule is O=C(OCCCS(=O)(=O)c1ccccc1)c1ccc2c(c1)C(=O)c1ccccc1-2. The van der Waals surface area contributed by atoms with Gasteiger partial charge in [0.1, 0.15) is 0 Å². The van der Waals surface area contributed by atoms with Gasteiger partial charge in [0.25, 0.3) is 0 Å². The van der Waals surface area contributed by atoms with E-state index in [9.17, 15) is 18.0 Å². The number of hydrogen-bond acceptors (Lipinski definition) is 5. The molecule has 1 aliphatic rings. The number of carbonyl (C=O) groups excluding carboxylic acids is 2. The highest BCUT2D eigenvalue weighted by molar-refractivity contribution is 7.91.